The molecule has 0 radical (unpaired) electrons. The molecule has 1 aliphatic heterocycles. The largest absolute Gasteiger partial charge is 0.497 e. The van der Waals surface area contributed by atoms with E-state index in [1.54, 1.807) is 38.1 Å². The molecule has 35 heavy (non-hydrogen) atoms. The van der Waals surface area contributed by atoms with Crippen molar-refractivity contribution in [3.63, 3.8) is 0 Å². The zero-order valence-electron chi connectivity index (χ0n) is 20.6. The number of carbonyl (C=O) groups is 3. The van der Waals surface area contributed by atoms with Gasteiger partial charge in [0.2, 0.25) is 11.8 Å². The maximum absolute atomic E-state index is 13.4. The van der Waals surface area contributed by atoms with Gasteiger partial charge < -0.3 is 25.4 Å². The highest BCUT2D eigenvalue weighted by Gasteiger charge is 2.46. The topological polar surface area (TPSA) is 108 Å². The molecule has 1 saturated heterocycles. The van der Waals surface area contributed by atoms with Crippen molar-refractivity contribution in [2.24, 2.45) is 11.8 Å². The van der Waals surface area contributed by atoms with E-state index in [2.05, 4.69) is 10.6 Å². The highest BCUT2D eigenvalue weighted by Crippen LogP contribution is 2.27. The maximum atomic E-state index is 13.4. The van der Waals surface area contributed by atoms with Crippen LogP contribution in [0.2, 0.25) is 0 Å². The average molecular weight is 502 g/mol. The molecule has 1 fully saturated rings. The van der Waals surface area contributed by atoms with Gasteiger partial charge in [0.15, 0.2) is 6.10 Å². The van der Waals surface area contributed by atoms with Crippen molar-refractivity contribution in [3.8, 4) is 5.75 Å². The number of aliphatic hydroxyl groups is 1. The minimum absolute atomic E-state index is 0.229. The van der Waals surface area contributed by atoms with E-state index in [9.17, 15) is 32.7 Å². The van der Waals surface area contributed by atoms with Crippen LogP contribution in [-0.2, 0) is 9.59 Å². The maximum Gasteiger partial charge on any atom is 0.416 e. The number of benzene rings is 1. The van der Waals surface area contributed by atoms with Gasteiger partial charge in [0.05, 0.1) is 13.2 Å². The number of ether oxygens (including phenoxy) is 1. The monoisotopic (exact) mass is 501 g/mol. The molecule has 1 heterocycles. The lowest BCUT2D eigenvalue weighted by molar-refractivity contribution is -0.215. The molecule has 0 spiro atoms. The van der Waals surface area contributed by atoms with Crippen molar-refractivity contribution in [2.75, 3.05) is 13.7 Å². The Hall–Kier alpha value is -2.82. The highest BCUT2D eigenvalue weighted by molar-refractivity contribution is 5.98. The second kappa shape index (κ2) is 11.7. The molecule has 196 valence electrons. The van der Waals surface area contributed by atoms with Gasteiger partial charge in [-0.1, -0.05) is 27.7 Å². The van der Waals surface area contributed by atoms with Crippen molar-refractivity contribution in [3.05, 3.63) is 29.8 Å². The number of rotatable bonds is 9. The number of halogens is 3. The molecule has 11 heteroatoms. The third kappa shape index (κ3) is 7.09. The summed E-state index contributed by atoms with van der Waals surface area (Å²) in [5, 5.41) is 14.7. The van der Waals surface area contributed by atoms with E-state index < -0.39 is 54.0 Å². The predicted molar refractivity (Wildman–Crippen MR) is 123 cm³/mol. The molecule has 3 amide bonds. The number of likely N-dealkylation sites (tertiary alicyclic amines) is 1. The van der Waals surface area contributed by atoms with Crippen molar-refractivity contribution >= 4 is 17.7 Å². The second-order valence-corrected chi connectivity index (χ2v) is 9.38. The van der Waals surface area contributed by atoms with Crippen LogP contribution in [-0.4, -0.2) is 71.8 Å². The summed E-state index contributed by atoms with van der Waals surface area (Å²) in [6, 6.07) is 2.84. The van der Waals surface area contributed by atoms with Crippen LogP contribution in [0.3, 0.4) is 0 Å². The normalized spacial score (nSPS) is 18.8. The van der Waals surface area contributed by atoms with E-state index in [0.29, 0.717) is 17.7 Å². The molecule has 8 nitrogen and oxygen atoms in total. The van der Waals surface area contributed by atoms with E-state index in [1.165, 1.54) is 25.9 Å². The molecule has 3 N–H and O–H groups in total. The van der Waals surface area contributed by atoms with Gasteiger partial charge in [-0.2, -0.15) is 13.2 Å². The lowest BCUT2D eigenvalue weighted by Gasteiger charge is -2.33. The molecule has 1 aromatic rings. The Morgan fingerprint density at radius 3 is 2.14 bits per heavy atom. The van der Waals surface area contributed by atoms with E-state index >= 15 is 0 Å². The third-order valence-corrected chi connectivity index (χ3v) is 6.11. The fourth-order valence-corrected chi connectivity index (χ4v) is 4.04. The number of aliphatic hydroxyl groups excluding tert-OH is 1. The lowest BCUT2D eigenvalue weighted by atomic mass is 9.97. The Labute approximate surface area is 203 Å². The summed E-state index contributed by atoms with van der Waals surface area (Å²) >= 11 is 0. The average Bonchev–Trinajstić information content (AvgIpc) is 3.29. The molecule has 0 saturated carbocycles. The number of hydrogen-bond donors (Lipinski definition) is 3. The number of hydrogen-bond acceptors (Lipinski definition) is 5. The van der Waals surface area contributed by atoms with Crippen LogP contribution < -0.4 is 15.4 Å². The summed E-state index contributed by atoms with van der Waals surface area (Å²) < 4.78 is 44.3. The first-order valence-corrected chi connectivity index (χ1v) is 11.6. The van der Waals surface area contributed by atoms with Crippen molar-refractivity contribution in [2.45, 2.75) is 70.9 Å². The number of nitrogens with one attached hydrogen (secondary N) is 2. The van der Waals surface area contributed by atoms with E-state index in [1.807, 2.05) is 0 Å². The molecule has 1 aliphatic rings. The first-order chi connectivity index (χ1) is 16.3. The molecule has 3 unspecified atom stereocenters. The fraction of sp³-hybridized carbons (Fsp3) is 0.625. The SMILES string of the molecule is COc1ccc(C(=O)NC(C(=O)N2CCC[C@H]2C(=O)NC(C(C)C)C(O)C(F)(F)F)C(C)C)cc1. The molecule has 2 rings (SSSR count). The van der Waals surface area contributed by atoms with Gasteiger partial charge in [-0.15, -0.1) is 0 Å². The second-order valence-electron chi connectivity index (χ2n) is 9.38. The number of alkyl halides is 3. The highest BCUT2D eigenvalue weighted by atomic mass is 19.4. The smallest absolute Gasteiger partial charge is 0.416 e. The first-order valence-electron chi connectivity index (χ1n) is 11.6. The summed E-state index contributed by atoms with van der Waals surface area (Å²) in [6.45, 7) is 6.64. The minimum Gasteiger partial charge on any atom is -0.497 e. The predicted octanol–water partition coefficient (Wildman–Crippen LogP) is 2.50. The molecular weight excluding hydrogens is 467 g/mol. The quantitative estimate of drug-likeness (QED) is 0.482. The van der Waals surface area contributed by atoms with Gasteiger partial charge in [0, 0.05) is 12.1 Å². The zero-order chi connectivity index (χ0) is 26.5. The molecule has 1 aromatic carbocycles. The van der Waals surface area contributed by atoms with Gasteiger partial charge in [-0.3, -0.25) is 14.4 Å². The Bertz CT molecular complexity index is 889. The van der Waals surface area contributed by atoms with E-state index in [-0.39, 0.29) is 18.9 Å². The minimum atomic E-state index is -4.90. The van der Waals surface area contributed by atoms with Gasteiger partial charge in [0.1, 0.15) is 17.8 Å². The molecule has 0 aromatic heterocycles. The molecule has 0 aliphatic carbocycles. The van der Waals surface area contributed by atoms with Gasteiger partial charge in [0.25, 0.3) is 5.91 Å². The summed E-state index contributed by atoms with van der Waals surface area (Å²) in [6.07, 6.45) is -6.89. The van der Waals surface area contributed by atoms with Crippen molar-refractivity contribution in [1.29, 1.82) is 0 Å². The van der Waals surface area contributed by atoms with Crippen LogP contribution in [0.4, 0.5) is 13.2 Å². The first kappa shape index (κ1) is 28.4. The molecule has 0 bridgehead atoms. The number of nitrogens with zero attached hydrogens (tertiary/aromatic N) is 1. The van der Waals surface area contributed by atoms with E-state index in [0.717, 1.165) is 0 Å². The van der Waals surface area contributed by atoms with Crippen LogP contribution in [0, 0.1) is 11.8 Å². The summed E-state index contributed by atoms with van der Waals surface area (Å²) in [7, 11) is 1.50. The fourth-order valence-electron chi connectivity index (χ4n) is 4.04. The zero-order valence-corrected chi connectivity index (χ0v) is 20.6. The number of carbonyl (C=O) groups excluding carboxylic acids is 3. The van der Waals surface area contributed by atoms with Crippen LogP contribution in [0.25, 0.3) is 0 Å². The number of amides is 3. The molecule has 4 atom stereocenters. The summed E-state index contributed by atoms with van der Waals surface area (Å²) in [5.41, 5.74) is 0.320. The van der Waals surface area contributed by atoms with Crippen LogP contribution in [0.15, 0.2) is 24.3 Å². The summed E-state index contributed by atoms with van der Waals surface area (Å²) in [5.74, 6) is -2.18. The lowest BCUT2D eigenvalue weighted by Crippen LogP contribution is -2.59. The standard InChI is InChI=1S/C24H34F3N3O5/c1-13(2)18(20(31)24(25,26)27)28-22(33)17-7-6-12-30(17)23(34)19(14(3)4)29-21(32)15-8-10-16(35-5)11-9-15/h8-11,13-14,17-20,31H,6-7,12H2,1-5H3,(H,28,33)(H,29,32)/t17-,18?,19?,20?/m0/s1. The molecular formula is C24H34F3N3O5. The van der Waals surface area contributed by atoms with Crippen LogP contribution in [0.5, 0.6) is 5.75 Å². The van der Waals surface area contributed by atoms with Gasteiger partial charge in [-0.05, 0) is 48.9 Å². The Kier molecular flexibility index (Phi) is 9.53. The number of methoxy groups -OCH3 is 1. The Balaban J connectivity index is 2.16. The Morgan fingerprint density at radius 2 is 1.66 bits per heavy atom. The van der Waals surface area contributed by atoms with Gasteiger partial charge >= 0.3 is 6.18 Å². The Morgan fingerprint density at radius 1 is 1.06 bits per heavy atom. The van der Waals surface area contributed by atoms with Gasteiger partial charge in [-0.25, -0.2) is 0 Å². The summed E-state index contributed by atoms with van der Waals surface area (Å²) in [4.78, 5) is 40.3. The van der Waals surface area contributed by atoms with Crippen LogP contribution >= 0.6 is 0 Å². The van der Waals surface area contributed by atoms with Crippen LogP contribution in [0.1, 0.15) is 50.9 Å². The van der Waals surface area contributed by atoms with E-state index in [4.69, 9.17) is 4.74 Å². The third-order valence-electron chi connectivity index (χ3n) is 6.11. The van der Waals surface area contributed by atoms with Crippen molar-refractivity contribution in [1.82, 2.24) is 15.5 Å². The van der Waals surface area contributed by atoms with Crippen molar-refractivity contribution < 1.29 is 37.4 Å².